The molecule has 1 aromatic heterocycles. The topological polar surface area (TPSA) is 50.3 Å². The number of hydrogen-bond donors (Lipinski definition) is 1. The molecule has 0 radical (unpaired) electrons. The normalized spacial score (nSPS) is 17.8. The van der Waals surface area contributed by atoms with Crippen molar-refractivity contribution in [2.24, 2.45) is 0 Å². The molecule has 2 rings (SSSR count). The minimum Gasteiger partial charge on any atom is -0.478 e. The van der Waals surface area contributed by atoms with Gasteiger partial charge >= 0.3 is 0 Å². The Labute approximate surface area is 121 Å². The fourth-order valence-electron chi connectivity index (χ4n) is 2.62. The number of nitrogens with zero attached hydrogens (tertiary/aromatic N) is 3. The maximum atomic E-state index is 5.46. The van der Waals surface area contributed by atoms with Crippen LogP contribution in [0.1, 0.15) is 38.8 Å². The number of anilines is 1. The van der Waals surface area contributed by atoms with Crippen molar-refractivity contribution in [3.8, 4) is 5.88 Å². The van der Waals surface area contributed by atoms with Crippen molar-refractivity contribution < 1.29 is 4.74 Å². The summed E-state index contributed by atoms with van der Waals surface area (Å²) in [6.07, 6.45) is 4.02. The predicted molar refractivity (Wildman–Crippen MR) is 81.3 cm³/mol. The van der Waals surface area contributed by atoms with E-state index < -0.39 is 0 Å². The van der Waals surface area contributed by atoms with Crippen LogP contribution in [-0.2, 0) is 0 Å². The fourth-order valence-corrected chi connectivity index (χ4v) is 2.62. The third kappa shape index (κ3) is 4.63. The van der Waals surface area contributed by atoms with Gasteiger partial charge in [0.15, 0.2) is 0 Å². The molecule has 0 spiro atoms. The van der Waals surface area contributed by atoms with Crippen molar-refractivity contribution in [3.05, 3.63) is 11.8 Å². The average Bonchev–Trinajstić information content (AvgIpc) is 2.39. The summed E-state index contributed by atoms with van der Waals surface area (Å²) in [6, 6.07) is 2.20. The van der Waals surface area contributed by atoms with E-state index in [0.29, 0.717) is 24.5 Å². The second-order valence-electron chi connectivity index (χ2n) is 5.51. The van der Waals surface area contributed by atoms with Crippen LogP contribution in [0.5, 0.6) is 5.88 Å². The van der Waals surface area contributed by atoms with Gasteiger partial charge in [-0.05, 0) is 46.7 Å². The SMILES string of the molecule is CCOc1cc(C)nc(NC(C)CN2CCCCC2)n1. The number of rotatable bonds is 6. The second kappa shape index (κ2) is 7.43. The molecule has 0 amide bonds. The molecule has 0 bridgehead atoms. The molecule has 2 heterocycles. The summed E-state index contributed by atoms with van der Waals surface area (Å²) in [6.45, 7) is 10.2. The molecule has 1 N–H and O–H groups in total. The molecule has 1 unspecified atom stereocenters. The third-order valence-electron chi connectivity index (χ3n) is 3.48. The zero-order chi connectivity index (χ0) is 14.4. The van der Waals surface area contributed by atoms with E-state index in [1.807, 2.05) is 19.9 Å². The van der Waals surface area contributed by atoms with E-state index in [0.717, 1.165) is 12.2 Å². The van der Waals surface area contributed by atoms with Crippen LogP contribution in [0.3, 0.4) is 0 Å². The van der Waals surface area contributed by atoms with Crippen LogP contribution in [-0.4, -0.2) is 47.2 Å². The number of likely N-dealkylation sites (tertiary alicyclic amines) is 1. The standard InChI is InChI=1S/C15H26N4O/c1-4-20-14-10-12(2)16-15(18-14)17-13(3)11-19-8-6-5-7-9-19/h10,13H,4-9,11H2,1-3H3,(H,16,17,18). The van der Waals surface area contributed by atoms with Gasteiger partial charge in [-0.25, -0.2) is 4.98 Å². The average molecular weight is 278 g/mol. The number of aryl methyl sites for hydroxylation is 1. The summed E-state index contributed by atoms with van der Waals surface area (Å²) in [5, 5.41) is 3.38. The van der Waals surface area contributed by atoms with E-state index in [-0.39, 0.29) is 0 Å². The summed E-state index contributed by atoms with van der Waals surface area (Å²) in [4.78, 5) is 11.3. The van der Waals surface area contributed by atoms with E-state index in [2.05, 4.69) is 27.1 Å². The number of aromatic nitrogens is 2. The van der Waals surface area contributed by atoms with Crippen molar-refractivity contribution >= 4 is 5.95 Å². The molecule has 1 aliphatic heterocycles. The summed E-state index contributed by atoms with van der Waals surface area (Å²) >= 11 is 0. The number of nitrogens with one attached hydrogen (secondary N) is 1. The van der Waals surface area contributed by atoms with E-state index in [1.165, 1.54) is 32.4 Å². The first-order chi connectivity index (χ1) is 9.67. The van der Waals surface area contributed by atoms with Crippen molar-refractivity contribution in [2.45, 2.75) is 46.1 Å². The van der Waals surface area contributed by atoms with Gasteiger partial charge in [-0.15, -0.1) is 0 Å². The van der Waals surface area contributed by atoms with Crippen LogP contribution in [0.2, 0.25) is 0 Å². The van der Waals surface area contributed by atoms with Gasteiger partial charge in [0.05, 0.1) is 6.61 Å². The Bertz CT molecular complexity index is 418. The number of piperidine rings is 1. The summed E-state index contributed by atoms with van der Waals surface area (Å²) in [7, 11) is 0. The lowest BCUT2D eigenvalue weighted by Gasteiger charge is -2.29. The lowest BCUT2D eigenvalue weighted by molar-refractivity contribution is 0.223. The molecule has 1 aliphatic rings. The molecule has 1 saturated heterocycles. The molecule has 112 valence electrons. The Kier molecular flexibility index (Phi) is 5.59. The Balaban J connectivity index is 1.90. The first kappa shape index (κ1) is 15.0. The van der Waals surface area contributed by atoms with E-state index in [1.54, 1.807) is 0 Å². The molecule has 5 heteroatoms. The van der Waals surface area contributed by atoms with Crippen LogP contribution in [0, 0.1) is 6.92 Å². The first-order valence-electron chi connectivity index (χ1n) is 7.64. The Morgan fingerprint density at radius 2 is 2.05 bits per heavy atom. The molecular weight excluding hydrogens is 252 g/mol. The first-order valence-corrected chi connectivity index (χ1v) is 7.64. The van der Waals surface area contributed by atoms with Gasteiger partial charge < -0.3 is 15.0 Å². The molecule has 1 aromatic rings. The molecule has 20 heavy (non-hydrogen) atoms. The van der Waals surface area contributed by atoms with Crippen LogP contribution in [0.25, 0.3) is 0 Å². The highest BCUT2D eigenvalue weighted by Gasteiger charge is 2.14. The Morgan fingerprint density at radius 1 is 1.30 bits per heavy atom. The molecular formula is C15H26N4O. The van der Waals surface area contributed by atoms with Crippen LogP contribution < -0.4 is 10.1 Å². The summed E-state index contributed by atoms with van der Waals surface area (Å²) < 4.78 is 5.46. The molecule has 0 saturated carbocycles. The highest BCUT2D eigenvalue weighted by Crippen LogP contribution is 2.14. The van der Waals surface area contributed by atoms with E-state index in [9.17, 15) is 0 Å². The molecule has 1 fully saturated rings. The monoisotopic (exact) mass is 278 g/mol. The van der Waals surface area contributed by atoms with E-state index in [4.69, 9.17) is 4.74 Å². The van der Waals surface area contributed by atoms with Crippen molar-refractivity contribution in [3.63, 3.8) is 0 Å². The Hall–Kier alpha value is -1.36. The van der Waals surface area contributed by atoms with Crippen LogP contribution in [0.4, 0.5) is 5.95 Å². The molecule has 0 aromatic carbocycles. The smallest absolute Gasteiger partial charge is 0.226 e. The Morgan fingerprint density at radius 3 is 2.75 bits per heavy atom. The third-order valence-corrected chi connectivity index (χ3v) is 3.48. The number of ether oxygens (including phenoxy) is 1. The number of hydrogen-bond acceptors (Lipinski definition) is 5. The highest BCUT2D eigenvalue weighted by molar-refractivity contribution is 5.31. The minimum absolute atomic E-state index is 0.337. The lowest BCUT2D eigenvalue weighted by Crippen LogP contribution is -2.38. The van der Waals surface area contributed by atoms with Gasteiger partial charge in [0, 0.05) is 24.3 Å². The maximum absolute atomic E-state index is 5.46. The van der Waals surface area contributed by atoms with Crippen LogP contribution >= 0.6 is 0 Å². The summed E-state index contributed by atoms with van der Waals surface area (Å²) in [5.41, 5.74) is 0.927. The van der Waals surface area contributed by atoms with Gasteiger partial charge in [-0.1, -0.05) is 6.42 Å². The quantitative estimate of drug-likeness (QED) is 0.866. The van der Waals surface area contributed by atoms with Gasteiger partial charge in [0.25, 0.3) is 0 Å². The molecule has 1 atom stereocenters. The minimum atomic E-state index is 0.337. The summed E-state index contributed by atoms with van der Waals surface area (Å²) in [5.74, 6) is 1.31. The molecule has 0 aliphatic carbocycles. The van der Waals surface area contributed by atoms with Gasteiger partial charge in [0.2, 0.25) is 11.8 Å². The predicted octanol–water partition coefficient (Wildman–Crippen LogP) is 2.47. The zero-order valence-electron chi connectivity index (χ0n) is 12.9. The van der Waals surface area contributed by atoms with Gasteiger partial charge in [0.1, 0.15) is 0 Å². The molecule has 5 nitrogen and oxygen atoms in total. The second-order valence-corrected chi connectivity index (χ2v) is 5.51. The van der Waals surface area contributed by atoms with Gasteiger partial charge in [-0.2, -0.15) is 4.98 Å². The van der Waals surface area contributed by atoms with Crippen LogP contribution in [0.15, 0.2) is 6.07 Å². The van der Waals surface area contributed by atoms with Crippen molar-refractivity contribution in [1.82, 2.24) is 14.9 Å². The zero-order valence-corrected chi connectivity index (χ0v) is 12.9. The van der Waals surface area contributed by atoms with Gasteiger partial charge in [-0.3, -0.25) is 0 Å². The largest absolute Gasteiger partial charge is 0.478 e. The highest BCUT2D eigenvalue weighted by atomic mass is 16.5. The maximum Gasteiger partial charge on any atom is 0.226 e. The van der Waals surface area contributed by atoms with E-state index >= 15 is 0 Å². The van der Waals surface area contributed by atoms with Crippen molar-refractivity contribution in [2.75, 3.05) is 31.6 Å². The van der Waals surface area contributed by atoms with Crippen molar-refractivity contribution in [1.29, 1.82) is 0 Å². The lowest BCUT2D eigenvalue weighted by atomic mass is 10.1. The fraction of sp³-hybridized carbons (Fsp3) is 0.733.